The van der Waals surface area contributed by atoms with Crippen LogP contribution < -0.4 is 10.6 Å². The first-order valence-corrected chi connectivity index (χ1v) is 10.4. The fourth-order valence-corrected chi connectivity index (χ4v) is 4.58. The molecule has 1 aromatic carbocycles. The van der Waals surface area contributed by atoms with E-state index in [9.17, 15) is 14.9 Å². The van der Waals surface area contributed by atoms with E-state index in [-0.39, 0.29) is 11.8 Å². The Labute approximate surface area is 168 Å². The quantitative estimate of drug-likeness (QED) is 0.755. The van der Waals surface area contributed by atoms with Crippen LogP contribution >= 0.6 is 11.3 Å². The van der Waals surface area contributed by atoms with Gasteiger partial charge >= 0.3 is 0 Å². The van der Waals surface area contributed by atoms with E-state index in [4.69, 9.17) is 0 Å². The maximum Gasteiger partial charge on any atom is 0.251 e. The second kappa shape index (κ2) is 7.99. The Bertz CT molecular complexity index is 978. The number of fused-ring (bicyclic) bond motifs is 1. The number of rotatable bonds is 5. The molecule has 142 valence electrons. The molecule has 0 radical (unpaired) electrons. The number of anilines is 1. The zero-order chi connectivity index (χ0) is 19.5. The van der Waals surface area contributed by atoms with Crippen LogP contribution in [0.4, 0.5) is 5.00 Å². The number of aryl methyl sites for hydroxylation is 1. The van der Waals surface area contributed by atoms with Crippen molar-refractivity contribution >= 4 is 34.2 Å². The van der Waals surface area contributed by atoms with Crippen molar-refractivity contribution < 1.29 is 9.59 Å². The molecule has 28 heavy (non-hydrogen) atoms. The summed E-state index contributed by atoms with van der Waals surface area (Å²) >= 11 is 1.52. The van der Waals surface area contributed by atoms with Gasteiger partial charge in [0.1, 0.15) is 11.1 Å². The van der Waals surface area contributed by atoms with Crippen molar-refractivity contribution in [3.05, 3.63) is 57.5 Å². The van der Waals surface area contributed by atoms with E-state index in [1.165, 1.54) is 22.3 Å². The average Bonchev–Trinajstić information content (AvgIpc) is 3.45. The van der Waals surface area contributed by atoms with E-state index in [0.717, 1.165) is 49.7 Å². The van der Waals surface area contributed by atoms with Crippen LogP contribution in [0.3, 0.4) is 0 Å². The Morgan fingerprint density at radius 2 is 1.89 bits per heavy atom. The van der Waals surface area contributed by atoms with Gasteiger partial charge in [-0.1, -0.05) is 12.1 Å². The van der Waals surface area contributed by atoms with Gasteiger partial charge < -0.3 is 10.6 Å². The average molecular weight is 391 g/mol. The molecule has 1 heterocycles. The molecule has 6 heteroatoms. The molecule has 0 saturated heterocycles. The number of nitrogens with one attached hydrogen (secondary N) is 2. The Hall–Kier alpha value is -2.91. The number of nitriles is 1. The number of amides is 2. The van der Waals surface area contributed by atoms with E-state index in [1.54, 1.807) is 18.2 Å². The standard InChI is InChI=1S/C22H21N3O2S/c23-13-18-17-3-1-2-4-19(17)28-22(18)25-20(26)12-7-14-5-8-15(9-6-14)21(27)24-16-10-11-16/h5-9,12,16H,1-4,10-11H2,(H,24,27)(H,25,26)/b12-7+. The van der Waals surface area contributed by atoms with Gasteiger partial charge in [-0.05, 0) is 67.9 Å². The van der Waals surface area contributed by atoms with Crippen LogP contribution in [0.15, 0.2) is 30.3 Å². The molecule has 2 aliphatic rings. The molecule has 5 nitrogen and oxygen atoms in total. The highest BCUT2D eigenvalue weighted by molar-refractivity contribution is 7.16. The Kier molecular flexibility index (Phi) is 5.27. The van der Waals surface area contributed by atoms with Crippen LogP contribution in [0.25, 0.3) is 6.08 Å². The fourth-order valence-electron chi connectivity index (χ4n) is 3.34. The van der Waals surface area contributed by atoms with Crippen LogP contribution in [0.1, 0.15) is 57.6 Å². The van der Waals surface area contributed by atoms with Gasteiger partial charge in [-0.2, -0.15) is 5.26 Å². The van der Waals surface area contributed by atoms with Crippen molar-refractivity contribution in [3.8, 4) is 6.07 Å². The number of carbonyl (C=O) groups is 2. The lowest BCUT2D eigenvalue weighted by Crippen LogP contribution is -2.25. The van der Waals surface area contributed by atoms with E-state index in [1.807, 2.05) is 12.1 Å². The molecule has 1 fully saturated rings. The first-order chi connectivity index (χ1) is 13.6. The summed E-state index contributed by atoms with van der Waals surface area (Å²) in [7, 11) is 0. The predicted molar refractivity (Wildman–Crippen MR) is 110 cm³/mol. The molecule has 2 amide bonds. The van der Waals surface area contributed by atoms with Gasteiger partial charge in [0.2, 0.25) is 5.91 Å². The van der Waals surface area contributed by atoms with Gasteiger partial charge in [0.15, 0.2) is 0 Å². The van der Waals surface area contributed by atoms with Crippen LogP contribution in [0.5, 0.6) is 0 Å². The predicted octanol–water partition coefficient (Wildman–Crippen LogP) is 4.04. The van der Waals surface area contributed by atoms with Gasteiger partial charge in [0.05, 0.1) is 5.56 Å². The van der Waals surface area contributed by atoms with Crippen molar-refractivity contribution in [2.45, 2.75) is 44.6 Å². The smallest absolute Gasteiger partial charge is 0.251 e. The van der Waals surface area contributed by atoms with Gasteiger partial charge in [0.25, 0.3) is 5.91 Å². The van der Waals surface area contributed by atoms with Gasteiger partial charge in [0, 0.05) is 22.6 Å². The van der Waals surface area contributed by atoms with E-state index in [0.29, 0.717) is 22.2 Å². The van der Waals surface area contributed by atoms with Crippen molar-refractivity contribution in [1.29, 1.82) is 5.26 Å². The molecule has 2 aliphatic carbocycles. The molecule has 2 N–H and O–H groups in total. The number of carbonyl (C=O) groups excluding carboxylic acids is 2. The number of nitrogens with zero attached hydrogens (tertiary/aromatic N) is 1. The second-order valence-corrected chi connectivity index (χ2v) is 8.32. The van der Waals surface area contributed by atoms with Crippen LogP contribution in [-0.2, 0) is 17.6 Å². The maximum atomic E-state index is 12.3. The molecular weight excluding hydrogens is 370 g/mol. The number of benzene rings is 1. The molecule has 4 rings (SSSR count). The molecule has 0 spiro atoms. The molecule has 0 bridgehead atoms. The maximum absolute atomic E-state index is 12.3. The van der Waals surface area contributed by atoms with Gasteiger partial charge in [-0.25, -0.2) is 0 Å². The summed E-state index contributed by atoms with van der Waals surface area (Å²) in [5.41, 5.74) is 3.19. The third kappa shape index (κ3) is 4.15. The molecule has 1 saturated carbocycles. The van der Waals surface area contributed by atoms with Crippen molar-refractivity contribution in [2.75, 3.05) is 5.32 Å². The summed E-state index contributed by atoms with van der Waals surface area (Å²) in [6.45, 7) is 0. The topological polar surface area (TPSA) is 82.0 Å². The van der Waals surface area contributed by atoms with Crippen LogP contribution in [0, 0.1) is 11.3 Å². The van der Waals surface area contributed by atoms with Crippen LogP contribution in [0.2, 0.25) is 0 Å². The highest BCUT2D eigenvalue weighted by Gasteiger charge is 2.23. The zero-order valence-corrected chi connectivity index (χ0v) is 16.3. The fraction of sp³-hybridized carbons (Fsp3) is 0.318. The molecular formula is C22H21N3O2S. The van der Waals surface area contributed by atoms with E-state index >= 15 is 0 Å². The number of hydrogen-bond donors (Lipinski definition) is 2. The molecule has 0 atom stereocenters. The first kappa shape index (κ1) is 18.5. The molecule has 1 aromatic heterocycles. The van der Waals surface area contributed by atoms with Crippen molar-refractivity contribution in [1.82, 2.24) is 5.32 Å². The Balaban J connectivity index is 1.40. The second-order valence-electron chi connectivity index (χ2n) is 7.22. The summed E-state index contributed by atoms with van der Waals surface area (Å²) in [4.78, 5) is 25.5. The monoisotopic (exact) mass is 391 g/mol. The molecule has 0 unspecified atom stereocenters. The van der Waals surface area contributed by atoms with Crippen LogP contribution in [-0.4, -0.2) is 17.9 Å². The Morgan fingerprint density at radius 3 is 2.61 bits per heavy atom. The third-order valence-corrected chi connectivity index (χ3v) is 6.24. The van der Waals surface area contributed by atoms with Gasteiger partial charge in [-0.15, -0.1) is 11.3 Å². The van der Waals surface area contributed by atoms with Crippen molar-refractivity contribution in [2.24, 2.45) is 0 Å². The molecule has 2 aromatic rings. The minimum atomic E-state index is -0.259. The summed E-state index contributed by atoms with van der Waals surface area (Å²) in [5.74, 6) is -0.313. The molecule has 0 aliphatic heterocycles. The minimum Gasteiger partial charge on any atom is -0.349 e. The normalized spacial score (nSPS) is 15.7. The summed E-state index contributed by atoms with van der Waals surface area (Å²) in [6.07, 6.45) is 9.42. The lowest BCUT2D eigenvalue weighted by molar-refractivity contribution is -0.111. The van der Waals surface area contributed by atoms with Crippen molar-refractivity contribution in [3.63, 3.8) is 0 Å². The summed E-state index contributed by atoms with van der Waals surface area (Å²) < 4.78 is 0. The SMILES string of the molecule is N#Cc1c(NC(=O)/C=C/c2ccc(C(=O)NC3CC3)cc2)sc2c1CCCC2. The lowest BCUT2D eigenvalue weighted by atomic mass is 9.96. The van der Waals surface area contributed by atoms with E-state index < -0.39 is 0 Å². The lowest BCUT2D eigenvalue weighted by Gasteiger charge is -2.09. The first-order valence-electron chi connectivity index (χ1n) is 9.58. The zero-order valence-electron chi connectivity index (χ0n) is 15.5. The Morgan fingerprint density at radius 1 is 1.14 bits per heavy atom. The van der Waals surface area contributed by atoms with Gasteiger partial charge in [-0.3, -0.25) is 9.59 Å². The largest absolute Gasteiger partial charge is 0.349 e. The summed E-state index contributed by atoms with van der Waals surface area (Å²) in [6, 6.07) is 9.73. The summed E-state index contributed by atoms with van der Waals surface area (Å²) in [5, 5.41) is 15.9. The highest BCUT2D eigenvalue weighted by Crippen LogP contribution is 2.37. The highest BCUT2D eigenvalue weighted by atomic mass is 32.1. The number of thiophene rings is 1. The number of hydrogen-bond acceptors (Lipinski definition) is 4. The third-order valence-electron chi connectivity index (χ3n) is 5.03. The van der Waals surface area contributed by atoms with E-state index in [2.05, 4.69) is 16.7 Å². The minimum absolute atomic E-state index is 0.0542.